The molecule has 0 saturated carbocycles. The zero-order valence-electron chi connectivity index (χ0n) is 10.7. The molecule has 2 rings (SSSR count). The summed E-state index contributed by atoms with van der Waals surface area (Å²) in [5.74, 6) is 0. The molecule has 0 aliphatic heterocycles. The second kappa shape index (κ2) is 5.34. The molecule has 1 aromatic heterocycles. The number of hydrogen-bond donors (Lipinski definition) is 2. The van der Waals surface area contributed by atoms with Crippen LogP contribution in [-0.2, 0) is 12.8 Å². The molecule has 1 heterocycles. The topological polar surface area (TPSA) is 45.0 Å². The predicted octanol–water partition coefficient (Wildman–Crippen LogP) is 1.77. The molecular formula is C14H21N3. The van der Waals surface area contributed by atoms with Gasteiger partial charge in [-0.2, -0.15) is 0 Å². The van der Waals surface area contributed by atoms with Gasteiger partial charge >= 0.3 is 0 Å². The van der Waals surface area contributed by atoms with Crippen LogP contribution < -0.4 is 5.73 Å². The lowest BCUT2D eigenvalue weighted by molar-refractivity contribution is 0.414. The number of fused-ring (bicyclic) bond motifs is 1. The highest BCUT2D eigenvalue weighted by atomic mass is 15.0. The number of nitrogens with zero attached hydrogens (tertiary/aromatic N) is 1. The molecule has 3 heteroatoms. The Morgan fingerprint density at radius 3 is 2.71 bits per heavy atom. The van der Waals surface area contributed by atoms with E-state index in [1.54, 1.807) is 0 Å². The van der Waals surface area contributed by atoms with E-state index in [4.69, 9.17) is 5.73 Å². The summed E-state index contributed by atoms with van der Waals surface area (Å²) in [4.78, 5) is 5.56. The van der Waals surface area contributed by atoms with Crippen LogP contribution in [0.3, 0.4) is 0 Å². The fourth-order valence-electron chi connectivity index (χ4n) is 2.24. The van der Waals surface area contributed by atoms with Crippen LogP contribution in [0, 0.1) is 0 Å². The van der Waals surface area contributed by atoms with E-state index >= 15 is 0 Å². The molecule has 0 aliphatic carbocycles. The van der Waals surface area contributed by atoms with E-state index in [0.29, 0.717) is 6.54 Å². The number of aromatic amines is 1. The van der Waals surface area contributed by atoms with Crippen molar-refractivity contribution in [3.05, 3.63) is 35.5 Å². The number of benzene rings is 1. The van der Waals surface area contributed by atoms with Gasteiger partial charge < -0.3 is 15.6 Å². The van der Waals surface area contributed by atoms with Crippen molar-refractivity contribution in [1.29, 1.82) is 0 Å². The standard InChI is InChI=1S/C14H21N3/c1-17(2)9-7-12-10-16-13-5-3-4-11(6-8-15)14(12)13/h3-5,10,16H,6-9,15H2,1-2H3. The number of H-pyrrole nitrogens is 1. The van der Waals surface area contributed by atoms with Crippen LogP contribution in [0.5, 0.6) is 0 Å². The third-order valence-corrected chi connectivity index (χ3v) is 3.12. The lowest BCUT2D eigenvalue weighted by Crippen LogP contribution is -2.15. The second-order valence-electron chi connectivity index (χ2n) is 4.75. The summed E-state index contributed by atoms with van der Waals surface area (Å²) >= 11 is 0. The smallest absolute Gasteiger partial charge is 0.0459 e. The minimum atomic E-state index is 0.706. The third kappa shape index (κ3) is 2.68. The zero-order valence-corrected chi connectivity index (χ0v) is 10.7. The first kappa shape index (κ1) is 12.1. The number of aromatic nitrogens is 1. The van der Waals surface area contributed by atoms with E-state index in [1.165, 1.54) is 22.0 Å². The monoisotopic (exact) mass is 231 g/mol. The summed E-state index contributed by atoms with van der Waals surface area (Å²) in [5.41, 5.74) is 9.66. The van der Waals surface area contributed by atoms with Crippen molar-refractivity contribution in [1.82, 2.24) is 9.88 Å². The highest BCUT2D eigenvalue weighted by molar-refractivity contribution is 5.86. The Bertz CT molecular complexity index is 485. The molecule has 0 atom stereocenters. The van der Waals surface area contributed by atoms with Crippen molar-refractivity contribution in [3.8, 4) is 0 Å². The molecule has 0 bridgehead atoms. The first-order valence-corrected chi connectivity index (χ1v) is 6.15. The van der Waals surface area contributed by atoms with Gasteiger partial charge in [-0.05, 0) is 50.7 Å². The second-order valence-corrected chi connectivity index (χ2v) is 4.75. The van der Waals surface area contributed by atoms with Gasteiger partial charge in [-0.1, -0.05) is 12.1 Å². The van der Waals surface area contributed by atoms with Crippen LogP contribution in [0.15, 0.2) is 24.4 Å². The highest BCUT2D eigenvalue weighted by Gasteiger charge is 2.08. The van der Waals surface area contributed by atoms with Crippen LogP contribution >= 0.6 is 0 Å². The Morgan fingerprint density at radius 2 is 2.00 bits per heavy atom. The molecule has 0 radical (unpaired) electrons. The molecule has 1 aromatic carbocycles. The highest BCUT2D eigenvalue weighted by Crippen LogP contribution is 2.23. The van der Waals surface area contributed by atoms with Crippen molar-refractivity contribution in [2.75, 3.05) is 27.2 Å². The van der Waals surface area contributed by atoms with Gasteiger partial charge in [0.15, 0.2) is 0 Å². The van der Waals surface area contributed by atoms with Gasteiger partial charge in [-0.25, -0.2) is 0 Å². The normalized spacial score (nSPS) is 11.5. The number of nitrogens with one attached hydrogen (secondary N) is 1. The number of hydrogen-bond acceptors (Lipinski definition) is 2. The maximum Gasteiger partial charge on any atom is 0.0459 e. The molecule has 2 aromatic rings. The zero-order chi connectivity index (χ0) is 12.3. The molecule has 0 aliphatic rings. The van der Waals surface area contributed by atoms with E-state index in [9.17, 15) is 0 Å². The van der Waals surface area contributed by atoms with Crippen LogP contribution in [0.1, 0.15) is 11.1 Å². The van der Waals surface area contributed by atoms with Gasteiger partial charge in [0, 0.05) is 23.6 Å². The summed E-state index contributed by atoms with van der Waals surface area (Å²) < 4.78 is 0. The Morgan fingerprint density at radius 1 is 1.18 bits per heavy atom. The predicted molar refractivity (Wildman–Crippen MR) is 73.3 cm³/mol. The van der Waals surface area contributed by atoms with Crippen LogP contribution in [-0.4, -0.2) is 37.1 Å². The van der Waals surface area contributed by atoms with Gasteiger partial charge in [0.2, 0.25) is 0 Å². The summed E-state index contributed by atoms with van der Waals surface area (Å²) in [6.45, 7) is 1.78. The molecule has 3 nitrogen and oxygen atoms in total. The summed E-state index contributed by atoms with van der Waals surface area (Å²) in [6, 6.07) is 6.41. The Kier molecular flexibility index (Phi) is 3.82. The van der Waals surface area contributed by atoms with E-state index < -0.39 is 0 Å². The first-order chi connectivity index (χ1) is 8.22. The fraction of sp³-hybridized carbons (Fsp3) is 0.429. The maximum absolute atomic E-state index is 5.67. The fourth-order valence-corrected chi connectivity index (χ4v) is 2.24. The Balaban J connectivity index is 2.35. The Hall–Kier alpha value is -1.32. The van der Waals surface area contributed by atoms with E-state index in [2.05, 4.69) is 48.4 Å². The number of rotatable bonds is 5. The molecule has 3 N–H and O–H groups in total. The van der Waals surface area contributed by atoms with Gasteiger partial charge in [0.25, 0.3) is 0 Å². The van der Waals surface area contributed by atoms with Crippen molar-refractivity contribution < 1.29 is 0 Å². The molecule has 0 amide bonds. The van der Waals surface area contributed by atoms with Crippen molar-refractivity contribution in [3.63, 3.8) is 0 Å². The first-order valence-electron chi connectivity index (χ1n) is 6.15. The average molecular weight is 231 g/mol. The van der Waals surface area contributed by atoms with Gasteiger partial charge in [0.1, 0.15) is 0 Å². The van der Waals surface area contributed by atoms with Gasteiger partial charge in [-0.15, -0.1) is 0 Å². The summed E-state index contributed by atoms with van der Waals surface area (Å²) in [5, 5.41) is 1.37. The molecule has 0 unspecified atom stereocenters. The molecular weight excluding hydrogens is 210 g/mol. The summed E-state index contributed by atoms with van der Waals surface area (Å²) in [7, 11) is 4.21. The minimum absolute atomic E-state index is 0.706. The summed E-state index contributed by atoms with van der Waals surface area (Å²) in [6.07, 6.45) is 4.16. The Labute approximate surface area is 103 Å². The van der Waals surface area contributed by atoms with E-state index in [-0.39, 0.29) is 0 Å². The average Bonchev–Trinajstić information content (AvgIpc) is 2.71. The minimum Gasteiger partial charge on any atom is -0.361 e. The van der Waals surface area contributed by atoms with Crippen LogP contribution in [0.4, 0.5) is 0 Å². The van der Waals surface area contributed by atoms with Gasteiger partial charge in [-0.3, -0.25) is 0 Å². The van der Waals surface area contributed by atoms with Gasteiger partial charge in [0.05, 0.1) is 0 Å². The number of likely N-dealkylation sites (N-methyl/N-ethyl adjacent to an activating group) is 1. The lowest BCUT2D eigenvalue weighted by atomic mass is 10.0. The molecule has 0 spiro atoms. The SMILES string of the molecule is CN(C)CCc1c[nH]c2cccc(CCN)c12. The molecule has 92 valence electrons. The lowest BCUT2D eigenvalue weighted by Gasteiger charge is -2.09. The van der Waals surface area contributed by atoms with Crippen LogP contribution in [0.2, 0.25) is 0 Å². The molecule has 0 fully saturated rings. The largest absolute Gasteiger partial charge is 0.361 e. The quantitative estimate of drug-likeness (QED) is 0.824. The van der Waals surface area contributed by atoms with E-state index in [0.717, 1.165) is 19.4 Å². The molecule has 17 heavy (non-hydrogen) atoms. The van der Waals surface area contributed by atoms with Crippen LogP contribution in [0.25, 0.3) is 10.9 Å². The van der Waals surface area contributed by atoms with Crippen molar-refractivity contribution >= 4 is 10.9 Å². The maximum atomic E-state index is 5.67. The third-order valence-electron chi connectivity index (χ3n) is 3.12. The van der Waals surface area contributed by atoms with E-state index in [1.807, 2.05) is 0 Å². The van der Waals surface area contributed by atoms with Crippen molar-refractivity contribution in [2.24, 2.45) is 5.73 Å². The van der Waals surface area contributed by atoms with Crippen molar-refractivity contribution in [2.45, 2.75) is 12.8 Å². The number of nitrogens with two attached hydrogens (primary N) is 1. The molecule has 0 saturated heterocycles.